The molecular formula is C13H23Na2O7S2. The summed E-state index contributed by atoms with van der Waals surface area (Å²) in [6.45, 7) is 3.52. The normalized spacial score (nSPS) is 8.75. The molecule has 0 atom stereocenters. The van der Waals surface area contributed by atoms with E-state index in [-0.39, 0.29) is 80.6 Å². The third kappa shape index (κ3) is 27.9. The summed E-state index contributed by atoms with van der Waals surface area (Å²) in [4.78, 5) is 0. The van der Waals surface area contributed by atoms with Crippen LogP contribution in [0.5, 0.6) is 0 Å². The molecule has 0 saturated carbocycles. The van der Waals surface area contributed by atoms with E-state index in [2.05, 4.69) is 16.0 Å². The number of ether oxygens (including phenoxy) is 1. The summed E-state index contributed by atoms with van der Waals surface area (Å²) >= 11 is 0.800. The Morgan fingerprint density at radius 1 is 1.25 bits per heavy atom. The minimum Gasteiger partial charge on any atom is -0.748 e. The van der Waals surface area contributed by atoms with E-state index in [1.165, 1.54) is 5.41 Å². The second-order valence-electron chi connectivity index (χ2n) is 3.21. The fourth-order valence-electron chi connectivity index (χ4n) is 0.971. The van der Waals surface area contributed by atoms with Gasteiger partial charge in [0.1, 0.15) is 0 Å². The van der Waals surface area contributed by atoms with Gasteiger partial charge in [-0.05, 0) is 11.0 Å². The summed E-state index contributed by atoms with van der Waals surface area (Å²) in [7, 11) is -4.15. The summed E-state index contributed by atoms with van der Waals surface area (Å²) in [6, 6.07) is 9.34. The van der Waals surface area contributed by atoms with Crippen molar-refractivity contribution in [2.45, 2.75) is 21.5 Å². The topological polar surface area (TPSA) is 105 Å². The van der Waals surface area contributed by atoms with Crippen molar-refractivity contribution in [1.82, 2.24) is 0 Å². The molecule has 0 amide bonds. The van der Waals surface area contributed by atoms with Crippen LogP contribution < -0.4 is 29.6 Å². The third-order valence-electron chi connectivity index (χ3n) is 1.73. The molecule has 7 nitrogen and oxygen atoms in total. The number of hydrogen-bond acceptors (Lipinski definition) is 8. The summed E-state index contributed by atoms with van der Waals surface area (Å²) in [5.41, 5.74) is 0.954. The molecule has 0 bridgehead atoms. The molecule has 1 aromatic rings. The van der Waals surface area contributed by atoms with E-state index in [0.29, 0.717) is 6.61 Å². The van der Waals surface area contributed by atoms with E-state index >= 15 is 0 Å². The van der Waals surface area contributed by atoms with Gasteiger partial charge in [0.15, 0.2) is 0 Å². The number of benzene rings is 1. The van der Waals surface area contributed by atoms with E-state index in [9.17, 15) is 13.0 Å². The first-order valence-corrected chi connectivity index (χ1v) is 7.67. The van der Waals surface area contributed by atoms with Crippen molar-refractivity contribution in [3.63, 3.8) is 0 Å². The van der Waals surface area contributed by atoms with Crippen LogP contribution in [0.4, 0.5) is 0 Å². The van der Waals surface area contributed by atoms with Gasteiger partial charge < -0.3 is 9.29 Å². The van der Waals surface area contributed by atoms with E-state index in [1.807, 2.05) is 30.3 Å². The number of rotatable bonds is 8. The van der Waals surface area contributed by atoms with Crippen LogP contribution in [-0.4, -0.2) is 60.1 Å². The molecular weight excluding hydrogens is 378 g/mol. The molecule has 0 aliphatic heterocycles. The van der Waals surface area contributed by atoms with E-state index in [4.69, 9.17) is 9.99 Å². The predicted molar refractivity (Wildman–Crippen MR) is 92.5 cm³/mol. The van der Waals surface area contributed by atoms with Crippen molar-refractivity contribution in [1.29, 1.82) is 0 Å². The maximum atomic E-state index is 10.2. The monoisotopic (exact) mass is 401 g/mol. The zero-order chi connectivity index (χ0) is 15.3. The zero-order valence-corrected chi connectivity index (χ0v) is 18.1. The van der Waals surface area contributed by atoms with Crippen molar-refractivity contribution in [2.24, 2.45) is 0 Å². The van der Waals surface area contributed by atoms with Crippen LogP contribution in [0.25, 0.3) is 0 Å². The largest absolute Gasteiger partial charge is 1.00 e. The Hall–Kier alpha value is 1.06. The van der Waals surface area contributed by atoms with Crippen molar-refractivity contribution in [3.05, 3.63) is 47.9 Å². The van der Waals surface area contributed by atoms with Gasteiger partial charge in [0.05, 0.1) is 41.1 Å². The smallest absolute Gasteiger partial charge is 0.748 e. The third-order valence-corrected chi connectivity index (χ3v) is 2.67. The van der Waals surface area contributed by atoms with Crippen molar-refractivity contribution >= 4 is 51.7 Å². The molecule has 11 heteroatoms. The van der Waals surface area contributed by atoms with Gasteiger partial charge in [-0.3, -0.25) is 0 Å². The zero-order valence-electron chi connectivity index (χ0n) is 12.5. The maximum absolute atomic E-state index is 10.2. The molecule has 0 saturated heterocycles. The van der Waals surface area contributed by atoms with Crippen molar-refractivity contribution < 1.29 is 61.9 Å². The molecule has 1 N–H and O–H groups in total. The van der Waals surface area contributed by atoms with Gasteiger partial charge in [0, 0.05) is 29.6 Å². The summed E-state index contributed by atoms with van der Waals surface area (Å²) in [5.74, 6) is -0.472. The van der Waals surface area contributed by atoms with E-state index in [0.717, 1.165) is 17.6 Å². The summed E-state index contributed by atoms with van der Waals surface area (Å²) < 4.78 is 39.5. The molecule has 1 radical (unpaired) electrons. The summed E-state index contributed by atoms with van der Waals surface area (Å²) in [5, 5.41) is 12.0. The van der Waals surface area contributed by atoms with Gasteiger partial charge in [0.25, 0.3) is 0 Å². The average molecular weight is 401 g/mol. The second kappa shape index (κ2) is 24.1. The van der Waals surface area contributed by atoms with Crippen LogP contribution in [0.1, 0.15) is 20.4 Å². The predicted octanol–water partition coefficient (Wildman–Crippen LogP) is -0.157. The van der Waals surface area contributed by atoms with Crippen molar-refractivity contribution in [3.8, 4) is 0 Å². The van der Waals surface area contributed by atoms with Crippen LogP contribution in [-0.2, 0) is 30.8 Å². The van der Waals surface area contributed by atoms with Crippen LogP contribution in [0.2, 0.25) is 0 Å². The van der Waals surface area contributed by atoms with Crippen LogP contribution in [0.15, 0.2) is 42.3 Å². The molecule has 0 aliphatic carbocycles. The van der Waals surface area contributed by atoms with Gasteiger partial charge in [0.2, 0.25) is 0 Å². The molecule has 0 unspecified atom stereocenters. The standard InChI is InChI=1S/C9H12O4S.C2H4O3S.2CH4.2Na/c10-14(11,12)7-6-13-8-9-4-2-1-3-5-9;1-2-6-5-4-3;;;;/h1-5H,6-8H2,(H,10,11,12);2-3H,1H2;2*1H4;;/q;;;;;+1/p-1. The van der Waals surface area contributed by atoms with Crippen molar-refractivity contribution in [2.75, 3.05) is 12.4 Å². The Morgan fingerprint density at radius 2 is 1.79 bits per heavy atom. The first kappa shape index (κ1) is 36.1. The molecule has 0 aliphatic rings. The first-order chi connectivity index (χ1) is 9.49. The Bertz CT molecular complexity index is 459. The minimum absolute atomic E-state index is 0. The Morgan fingerprint density at radius 3 is 2.17 bits per heavy atom. The SMILES string of the molecule is C.C.C=CSOOO.O=S(=O)([O-])CCOCc1ccccc1.[Na+].[Na]. The Kier molecular flexibility index (Phi) is 36.1. The van der Waals surface area contributed by atoms with E-state index in [1.54, 1.807) is 0 Å². The molecule has 24 heavy (non-hydrogen) atoms. The fourth-order valence-corrected chi connectivity index (χ4v) is 1.38. The molecule has 0 spiro atoms. The summed E-state index contributed by atoms with van der Waals surface area (Å²) in [6.07, 6.45) is 0. The molecule has 131 valence electrons. The van der Waals surface area contributed by atoms with Gasteiger partial charge in [-0.2, -0.15) is 0 Å². The number of hydrogen-bond donors (Lipinski definition) is 1. The van der Waals surface area contributed by atoms with Crippen LogP contribution >= 0.6 is 12.0 Å². The Balaban J connectivity index is -0.000000106. The molecule has 1 rings (SSSR count). The van der Waals surface area contributed by atoms with E-state index < -0.39 is 15.9 Å². The quantitative estimate of drug-likeness (QED) is 0.160. The van der Waals surface area contributed by atoms with Crippen LogP contribution in [0.3, 0.4) is 0 Å². The minimum atomic E-state index is -4.15. The molecule has 1 aromatic carbocycles. The van der Waals surface area contributed by atoms with Gasteiger partial charge in [-0.1, -0.05) is 56.8 Å². The van der Waals surface area contributed by atoms with Gasteiger partial charge in [-0.15, -0.1) is 4.33 Å². The molecule has 0 fully saturated rings. The van der Waals surface area contributed by atoms with Gasteiger partial charge >= 0.3 is 29.6 Å². The molecule has 0 heterocycles. The van der Waals surface area contributed by atoms with Gasteiger partial charge in [-0.25, -0.2) is 13.7 Å². The second-order valence-corrected chi connectivity index (χ2v) is 5.39. The maximum Gasteiger partial charge on any atom is 1.00 e. The molecule has 0 aromatic heterocycles. The average Bonchev–Trinajstić information content (AvgIpc) is 2.42. The first-order valence-electron chi connectivity index (χ1n) is 5.29. The fraction of sp³-hybridized carbons (Fsp3) is 0.385. The van der Waals surface area contributed by atoms with Crippen LogP contribution in [0, 0.1) is 0 Å². The Labute approximate surface area is 193 Å².